The number of aromatic nitrogens is 1. The molecule has 1 aromatic heterocycles. The van der Waals surface area contributed by atoms with Crippen LogP contribution in [0.3, 0.4) is 0 Å². The summed E-state index contributed by atoms with van der Waals surface area (Å²) in [6, 6.07) is 30.0. The zero-order chi connectivity index (χ0) is 29.2. The zero-order valence-corrected chi connectivity index (χ0v) is 25.3. The Morgan fingerprint density at radius 2 is 1.78 bits per heavy atom. The maximum absolute atomic E-state index is 10.6. The Balaban J connectivity index is 0.000000328. The maximum atomic E-state index is 10.6. The van der Waals surface area contributed by atoms with Crippen LogP contribution in [0.15, 0.2) is 78.9 Å². The Hall–Kier alpha value is -3.68. The largest absolute Gasteiger partial charge is 0.283 e. The van der Waals surface area contributed by atoms with Crippen LogP contribution in [0.1, 0.15) is 79.0 Å². The molecule has 0 radical (unpaired) electrons. The van der Waals surface area contributed by atoms with Crippen LogP contribution in [0.25, 0.3) is 23.1 Å². The quantitative estimate of drug-likeness (QED) is 0.155. The topological polar surface area (TPSA) is 53.8 Å². The molecule has 1 fully saturated rings. The molecule has 1 aliphatic carbocycles. The molecule has 5 rings (SSSR count). The van der Waals surface area contributed by atoms with E-state index in [1.807, 2.05) is 0 Å². The van der Waals surface area contributed by atoms with Gasteiger partial charge in [-0.15, -0.1) is 0 Å². The van der Waals surface area contributed by atoms with Crippen LogP contribution in [0.4, 0.5) is 0 Å². The average molecular weight is 561 g/mol. The Morgan fingerprint density at radius 1 is 1.00 bits per heavy atom. The van der Waals surface area contributed by atoms with Gasteiger partial charge in [0.05, 0.1) is 11.2 Å². The molecule has 41 heavy (non-hydrogen) atoms. The van der Waals surface area contributed by atoms with E-state index in [4.69, 9.17) is 10.2 Å². The van der Waals surface area contributed by atoms with Gasteiger partial charge in [-0.05, 0) is 102 Å². The number of benzene rings is 3. The van der Waals surface area contributed by atoms with Crippen molar-refractivity contribution in [1.82, 2.24) is 4.98 Å². The number of nitrogens with zero attached hydrogens (tertiary/aromatic N) is 2. The van der Waals surface area contributed by atoms with Crippen molar-refractivity contribution in [2.45, 2.75) is 65.2 Å². The fourth-order valence-corrected chi connectivity index (χ4v) is 5.55. The van der Waals surface area contributed by atoms with Gasteiger partial charge in [-0.2, -0.15) is 17.9 Å². The summed E-state index contributed by atoms with van der Waals surface area (Å²) >= 11 is 4.12. The summed E-state index contributed by atoms with van der Waals surface area (Å²) in [5.41, 5.74) is 8.99. The monoisotopic (exact) mass is 560 g/mol. The lowest BCUT2D eigenvalue weighted by atomic mass is 9.93. The second-order valence-electron chi connectivity index (χ2n) is 11.6. The van der Waals surface area contributed by atoms with Crippen molar-refractivity contribution < 1.29 is 4.79 Å². The number of Topliss-reactive ketones (excluding diaryl/α,β-unsaturated/α-hetero) is 1. The lowest BCUT2D eigenvalue weighted by molar-refractivity contribution is -0.114. The number of carbonyl (C=O) groups excluding carboxylic acids is 1. The Morgan fingerprint density at radius 3 is 2.51 bits per heavy atom. The minimum atomic E-state index is -0.299. The van der Waals surface area contributed by atoms with Gasteiger partial charge < -0.3 is 0 Å². The Bertz CT molecular complexity index is 1560. The minimum absolute atomic E-state index is 0.107. The van der Waals surface area contributed by atoms with Crippen molar-refractivity contribution in [3.8, 4) is 6.07 Å². The van der Waals surface area contributed by atoms with Gasteiger partial charge in [-0.1, -0.05) is 86.7 Å². The second kappa shape index (κ2) is 14.3. The third-order valence-corrected chi connectivity index (χ3v) is 8.48. The van der Waals surface area contributed by atoms with E-state index >= 15 is 0 Å². The summed E-state index contributed by atoms with van der Waals surface area (Å²) in [7, 11) is 0. The highest BCUT2D eigenvalue weighted by Crippen LogP contribution is 2.49. The van der Waals surface area contributed by atoms with Crippen molar-refractivity contribution >= 4 is 41.5 Å². The van der Waals surface area contributed by atoms with Crippen LogP contribution >= 0.6 is 12.6 Å². The highest BCUT2D eigenvalue weighted by atomic mass is 32.1. The van der Waals surface area contributed by atoms with Gasteiger partial charge >= 0.3 is 0 Å². The molecule has 0 bridgehead atoms. The van der Waals surface area contributed by atoms with Crippen molar-refractivity contribution in [2.24, 2.45) is 5.41 Å². The van der Waals surface area contributed by atoms with E-state index in [2.05, 4.69) is 124 Å². The molecule has 0 unspecified atom stereocenters. The normalized spacial score (nSPS) is 13.6. The number of pyridine rings is 1. The fraction of sp³-hybridized carbons (Fsp3) is 0.324. The molecular weight excluding hydrogens is 520 g/mol. The molecule has 0 saturated heterocycles. The van der Waals surface area contributed by atoms with Crippen LogP contribution in [0, 0.1) is 23.7 Å². The molecule has 3 nitrogen and oxygen atoms in total. The number of ketones is 1. The first-order valence-corrected chi connectivity index (χ1v) is 15.2. The molecular formula is C37H40N2OS. The standard InChI is InChI=1S/C30H31N.C7H9NOS/c1-22(2)29-13-5-4-11-26(29)12-7-10-24-8-6-9-25(21-24)15-18-28-19-17-27-16-14-23(3)20-30(27)31-28;8-4-6(9)3-7(5-10)1-2-7/h4-6,8-9,11,13-22H,7,10,12H2,1-3H3;10H,1-3,5H2/b18-15+;. The molecule has 0 atom stereocenters. The third kappa shape index (κ3) is 8.90. The molecule has 1 saturated carbocycles. The lowest BCUT2D eigenvalue weighted by Crippen LogP contribution is -2.08. The van der Waals surface area contributed by atoms with Crippen LogP contribution in [0.5, 0.6) is 0 Å². The number of carbonyl (C=O) groups is 1. The van der Waals surface area contributed by atoms with E-state index in [-0.39, 0.29) is 11.2 Å². The molecule has 4 aromatic rings. The molecule has 1 aliphatic rings. The molecule has 0 aliphatic heterocycles. The highest BCUT2D eigenvalue weighted by Gasteiger charge is 2.42. The zero-order valence-electron chi connectivity index (χ0n) is 24.4. The first-order chi connectivity index (χ1) is 19.8. The van der Waals surface area contributed by atoms with Crippen LogP contribution in [-0.2, 0) is 17.6 Å². The predicted octanol–water partition coefficient (Wildman–Crippen LogP) is 9.19. The van der Waals surface area contributed by atoms with Gasteiger partial charge in [0, 0.05) is 11.8 Å². The number of aryl methyl sites for hydroxylation is 3. The number of thiol groups is 1. The van der Waals surface area contributed by atoms with Gasteiger partial charge in [-0.25, -0.2) is 4.98 Å². The van der Waals surface area contributed by atoms with Crippen molar-refractivity contribution in [2.75, 3.05) is 5.75 Å². The van der Waals surface area contributed by atoms with Gasteiger partial charge in [0.2, 0.25) is 5.78 Å². The van der Waals surface area contributed by atoms with Crippen LogP contribution in [-0.4, -0.2) is 16.5 Å². The van der Waals surface area contributed by atoms with Crippen molar-refractivity contribution in [3.63, 3.8) is 0 Å². The summed E-state index contributed by atoms with van der Waals surface area (Å²) in [5, 5.41) is 9.38. The molecule has 0 amide bonds. The van der Waals surface area contributed by atoms with Crippen molar-refractivity contribution in [3.05, 3.63) is 112 Å². The summed E-state index contributed by atoms with van der Waals surface area (Å²) in [4.78, 5) is 15.4. The van der Waals surface area contributed by atoms with E-state index in [9.17, 15) is 4.79 Å². The van der Waals surface area contributed by atoms with Crippen LogP contribution in [0.2, 0.25) is 0 Å². The smallest absolute Gasteiger partial charge is 0.232 e. The molecule has 210 valence electrons. The van der Waals surface area contributed by atoms with E-state index < -0.39 is 0 Å². The predicted molar refractivity (Wildman–Crippen MR) is 175 cm³/mol. The Kier molecular flexibility index (Phi) is 10.6. The lowest BCUT2D eigenvalue weighted by Gasteiger charge is -2.12. The van der Waals surface area contributed by atoms with Gasteiger partial charge in [0.1, 0.15) is 6.07 Å². The Labute approximate surface area is 250 Å². The minimum Gasteiger partial charge on any atom is -0.283 e. The van der Waals surface area contributed by atoms with E-state index in [1.54, 1.807) is 6.07 Å². The van der Waals surface area contributed by atoms with Crippen LogP contribution < -0.4 is 0 Å². The summed E-state index contributed by atoms with van der Waals surface area (Å²) in [6.07, 6.45) is 10.2. The number of hydrogen-bond acceptors (Lipinski definition) is 4. The van der Waals surface area contributed by atoms with Gasteiger partial charge in [0.25, 0.3) is 0 Å². The van der Waals surface area contributed by atoms with Crippen molar-refractivity contribution in [1.29, 1.82) is 5.26 Å². The first-order valence-electron chi connectivity index (χ1n) is 14.6. The van der Waals surface area contributed by atoms with E-state index in [1.165, 1.54) is 39.6 Å². The number of rotatable bonds is 10. The first kappa shape index (κ1) is 30.3. The molecule has 3 aromatic carbocycles. The summed E-state index contributed by atoms with van der Waals surface area (Å²) in [6.45, 7) is 6.66. The average Bonchev–Trinajstić information content (AvgIpc) is 3.76. The molecule has 0 spiro atoms. The van der Waals surface area contributed by atoms with Gasteiger partial charge in [-0.3, -0.25) is 4.79 Å². The highest BCUT2D eigenvalue weighted by molar-refractivity contribution is 7.80. The number of hydrogen-bond donors (Lipinski definition) is 1. The molecule has 0 N–H and O–H groups in total. The number of fused-ring (bicyclic) bond motifs is 1. The fourth-order valence-electron chi connectivity index (χ4n) is 5.13. The summed E-state index contributed by atoms with van der Waals surface area (Å²) < 4.78 is 0. The second-order valence-corrected chi connectivity index (χ2v) is 11.9. The SMILES string of the molecule is Cc1ccc2ccc(/C=C/c3cccc(CCCc4ccccc4C(C)C)c3)nc2c1.N#CC(=O)CC1(CS)CC1. The molecule has 4 heteroatoms. The van der Waals surface area contributed by atoms with E-state index in [0.717, 1.165) is 42.6 Å². The maximum Gasteiger partial charge on any atom is 0.232 e. The molecule has 1 heterocycles. The van der Waals surface area contributed by atoms with E-state index in [0.29, 0.717) is 12.3 Å². The number of nitriles is 1. The van der Waals surface area contributed by atoms with Gasteiger partial charge in [0.15, 0.2) is 0 Å². The third-order valence-electron chi connectivity index (χ3n) is 7.81. The summed E-state index contributed by atoms with van der Waals surface area (Å²) in [5.74, 6) is 1.02.